The number of aliphatic hydroxyl groups excluding tert-OH is 2. The van der Waals surface area contributed by atoms with E-state index in [4.69, 9.17) is 0 Å². The summed E-state index contributed by atoms with van der Waals surface area (Å²) in [6.45, 7) is 15.6. The lowest BCUT2D eigenvalue weighted by atomic mass is 10.0. The van der Waals surface area contributed by atoms with Crippen molar-refractivity contribution in [2.24, 2.45) is 0 Å². The molecule has 0 rings (SSSR count). The molecule has 10 heteroatoms. The largest absolute Gasteiger partial charge is 0.389 e. The molecule has 0 radical (unpaired) electrons. The van der Waals surface area contributed by atoms with Gasteiger partial charge in [0.1, 0.15) is 0 Å². The standard InChI is InChI=1S/C34H55F4O5P/c1-25(2)13-9-15-27(5)17-11-19-29(7)21-31(39)23-33(35,36)42-44(41)43-34(37,38)24-32(40)22-30(8)20-12-18-28(6)16-10-14-26(3)4/h13-14,17-18,21-22,31-32,39-40,44H,9-12,15-16,19-20,23-24H2,1-8H3. The van der Waals surface area contributed by atoms with Gasteiger partial charge in [-0.15, -0.1) is 0 Å². The Balaban J connectivity index is 4.74. The van der Waals surface area contributed by atoms with Crippen LogP contribution in [-0.4, -0.2) is 34.6 Å². The van der Waals surface area contributed by atoms with Crippen LogP contribution in [0.15, 0.2) is 69.9 Å². The van der Waals surface area contributed by atoms with E-state index in [1.807, 2.05) is 41.5 Å². The molecule has 254 valence electrons. The first-order chi connectivity index (χ1) is 20.3. The highest BCUT2D eigenvalue weighted by Gasteiger charge is 2.40. The summed E-state index contributed by atoms with van der Waals surface area (Å²) >= 11 is 0. The average Bonchev–Trinajstić information content (AvgIpc) is 2.81. The highest BCUT2D eigenvalue weighted by molar-refractivity contribution is 7.33. The first-order valence-corrected chi connectivity index (χ1v) is 16.5. The average molecular weight is 651 g/mol. The molecule has 2 atom stereocenters. The summed E-state index contributed by atoms with van der Waals surface area (Å²) in [5.41, 5.74) is 6.26. The Morgan fingerprint density at radius 1 is 0.591 bits per heavy atom. The van der Waals surface area contributed by atoms with Crippen molar-refractivity contribution in [2.45, 2.75) is 144 Å². The highest BCUT2D eigenvalue weighted by Crippen LogP contribution is 2.42. The van der Waals surface area contributed by atoms with Crippen LogP contribution in [0, 0.1) is 0 Å². The monoisotopic (exact) mass is 650 g/mol. The molecule has 0 aliphatic carbocycles. The molecule has 0 bridgehead atoms. The summed E-state index contributed by atoms with van der Waals surface area (Å²) in [7, 11) is -4.36. The summed E-state index contributed by atoms with van der Waals surface area (Å²) in [5.74, 6) is 0. The molecule has 2 N–H and O–H groups in total. The van der Waals surface area contributed by atoms with Crippen LogP contribution < -0.4 is 0 Å². The van der Waals surface area contributed by atoms with Crippen LogP contribution in [0.5, 0.6) is 0 Å². The molecule has 0 saturated carbocycles. The van der Waals surface area contributed by atoms with Crippen molar-refractivity contribution < 1.29 is 41.4 Å². The van der Waals surface area contributed by atoms with Gasteiger partial charge >= 0.3 is 20.5 Å². The molecule has 44 heavy (non-hydrogen) atoms. The second-order valence-electron chi connectivity index (χ2n) is 12.1. The van der Waals surface area contributed by atoms with Gasteiger partial charge in [0.15, 0.2) is 0 Å². The topological polar surface area (TPSA) is 76.0 Å². The molecular weight excluding hydrogens is 595 g/mol. The number of hydrogen-bond donors (Lipinski definition) is 2. The zero-order valence-corrected chi connectivity index (χ0v) is 28.8. The van der Waals surface area contributed by atoms with Crippen molar-refractivity contribution in [3.8, 4) is 0 Å². The lowest BCUT2D eigenvalue weighted by Gasteiger charge is -2.22. The Bertz CT molecular complexity index is 984. The van der Waals surface area contributed by atoms with Crippen molar-refractivity contribution in [3.05, 3.63) is 69.9 Å². The van der Waals surface area contributed by atoms with E-state index in [0.717, 1.165) is 25.7 Å². The van der Waals surface area contributed by atoms with Crippen LogP contribution in [-0.2, 0) is 13.6 Å². The molecule has 0 saturated heterocycles. The van der Waals surface area contributed by atoms with Crippen LogP contribution in [0.1, 0.15) is 120 Å². The summed E-state index contributed by atoms with van der Waals surface area (Å²) in [4.78, 5) is 0. The Morgan fingerprint density at radius 2 is 0.886 bits per heavy atom. The quantitative estimate of drug-likeness (QED) is 0.0693. The van der Waals surface area contributed by atoms with Crippen LogP contribution in [0.2, 0.25) is 0 Å². The van der Waals surface area contributed by atoms with E-state index < -0.39 is 45.5 Å². The van der Waals surface area contributed by atoms with Gasteiger partial charge in [-0.05, 0) is 107 Å². The van der Waals surface area contributed by atoms with Gasteiger partial charge in [-0.3, -0.25) is 4.57 Å². The molecule has 0 spiro atoms. The van der Waals surface area contributed by atoms with E-state index in [0.29, 0.717) is 36.8 Å². The fourth-order valence-corrected chi connectivity index (χ4v) is 4.95. The molecule has 0 fully saturated rings. The Morgan fingerprint density at radius 3 is 1.20 bits per heavy atom. The predicted octanol–water partition coefficient (Wildman–Crippen LogP) is 10.9. The van der Waals surface area contributed by atoms with Crippen LogP contribution in [0.25, 0.3) is 0 Å². The lowest BCUT2D eigenvalue weighted by Crippen LogP contribution is -2.27. The first-order valence-electron chi connectivity index (χ1n) is 15.3. The van der Waals surface area contributed by atoms with Crippen molar-refractivity contribution in [1.29, 1.82) is 0 Å². The third-order valence-corrected chi connectivity index (χ3v) is 7.49. The summed E-state index contributed by atoms with van der Waals surface area (Å²) in [6.07, 6.45) is 2.88. The molecule has 0 amide bonds. The molecule has 0 aliphatic rings. The molecule has 0 heterocycles. The number of aliphatic hydroxyl groups is 2. The fraction of sp³-hybridized carbons (Fsp3) is 0.647. The smallest absolute Gasteiger partial charge is 0.365 e. The normalized spacial score (nSPS) is 16.0. The fourth-order valence-electron chi connectivity index (χ4n) is 4.25. The van der Waals surface area contributed by atoms with Gasteiger partial charge in [0.2, 0.25) is 0 Å². The van der Waals surface area contributed by atoms with Crippen molar-refractivity contribution in [1.82, 2.24) is 0 Å². The molecule has 0 aliphatic heterocycles. The van der Waals surface area contributed by atoms with Crippen molar-refractivity contribution in [2.75, 3.05) is 0 Å². The minimum Gasteiger partial charge on any atom is -0.389 e. The van der Waals surface area contributed by atoms with Crippen molar-refractivity contribution >= 4 is 8.25 Å². The highest BCUT2D eigenvalue weighted by atomic mass is 31.1. The number of allylic oxidation sites excluding steroid dienone is 10. The predicted molar refractivity (Wildman–Crippen MR) is 173 cm³/mol. The van der Waals surface area contributed by atoms with Gasteiger partial charge in [0.25, 0.3) is 0 Å². The minimum atomic E-state index is -4.36. The van der Waals surface area contributed by atoms with Crippen LogP contribution in [0.4, 0.5) is 17.6 Å². The second kappa shape index (κ2) is 21.9. The number of halogens is 4. The van der Waals surface area contributed by atoms with Gasteiger partial charge in [0, 0.05) is 0 Å². The van der Waals surface area contributed by atoms with Gasteiger partial charge in [0.05, 0.1) is 25.0 Å². The Kier molecular flexibility index (Phi) is 21.0. The molecule has 0 aromatic carbocycles. The number of rotatable bonds is 22. The minimum absolute atomic E-state index is 0.540. The van der Waals surface area contributed by atoms with Crippen molar-refractivity contribution in [3.63, 3.8) is 0 Å². The zero-order valence-electron chi connectivity index (χ0n) is 27.8. The lowest BCUT2D eigenvalue weighted by molar-refractivity contribution is -0.223. The Labute approximate surface area is 263 Å². The van der Waals surface area contributed by atoms with Gasteiger partial charge in [-0.2, -0.15) is 17.6 Å². The third kappa shape index (κ3) is 24.5. The summed E-state index contributed by atoms with van der Waals surface area (Å²) < 4.78 is 76.6. The molecule has 0 aromatic rings. The Hall–Kier alpha value is -1.77. The first kappa shape index (κ1) is 42.2. The molecule has 2 unspecified atom stereocenters. The SMILES string of the molecule is CC(C)=CCCC(C)=CCCC(C)=CC(O)CC(F)(F)O[PH](=O)OC(F)(F)CC(O)C=C(C)CCC=C(C)CCC=C(C)C. The van der Waals surface area contributed by atoms with E-state index in [1.165, 1.54) is 34.4 Å². The van der Waals surface area contributed by atoms with Gasteiger partial charge in [-0.1, -0.05) is 69.9 Å². The van der Waals surface area contributed by atoms with E-state index in [-0.39, 0.29) is 0 Å². The van der Waals surface area contributed by atoms with E-state index in [2.05, 4.69) is 33.4 Å². The van der Waals surface area contributed by atoms with E-state index in [1.54, 1.807) is 13.8 Å². The maximum atomic E-state index is 14.2. The van der Waals surface area contributed by atoms with Crippen LogP contribution >= 0.6 is 8.25 Å². The molecule has 5 nitrogen and oxygen atoms in total. The number of alkyl halides is 4. The third-order valence-electron chi connectivity index (χ3n) is 6.56. The maximum Gasteiger partial charge on any atom is 0.365 e. The second-order valence-corrected chi connectivity index (χ2v) is 13.0. The maximum absolute atomic E-state index is 14.2. The van der Waals surface area contributed by atoms with Gasteiger partial charge < -0.3 is 10.2 Å². The number of hydrogen-bond acceptors (Lipinski definition) is 5. The van der Waals surface area contributed by atoms with Crippen LogP contribution in [0.3, 0.4) is 0 Å². The zero-order chi connectivity index (χ0) is 33.9. The summed E-state index contributed by atoms with van der Waals surface area (Å²) in [5, 5.41) is 20.1. The molecular formula is C34H55F4O5P. The van der Waals surface area contributed by atoms with E-state index >= 15 is 0 Å². The van der Waals surface area contributed by atoms with E-state index in [9.17, 15) is 32.3 Å². The summed E-state index contributed by atoms with van der Waals surface area (Å²) in [6, 6.07) is 0. The van der Waals surface area contributed by atoms with Gasteiger partial charge in [-0.25, -0.2) is 9.05 Å². The molecule has 0 aromatic heterocycles.